The summed E-state index contributed by atoms with van der Waals surface area (Å²) in [5.74, 6) is -0.391. The monoisotopic (exact) mass is 206 g/mol. The molecule has 1 aromatic heterocycles. The van der Waals surface area contributed by atoms with Gasteiger partial charge in [0.15, 0.2) is 5.58 Å². The normalized spacial score (nSPS) is 10.5. The van der Waals surface area contributed by atoms with Crippen molar-refractivity contribution in [2.75, 3.05) is 11.9 Å². The van der Waals surface area contributed by atoms with Crippen molar-refractivity contribution >= 4 is 23.1 Å². The fourth-order valence-electron chi connectivity index (χ4n) is 1.40. The van der Waals surface area contributed by atoms with Crippen molar-refractivity contribution in [1.29, 1.82) is 0 Å². The lowest BCUT2D eigenvalue weighted by atomic mass is 10.3. The predicted molar refractivity (Wildman–Crippen MR) is 56.0 cm³/mol. The highest BCUT2D eigenvalue weighted by molar-refractivity contribution is 5.78. The number of nitrogens with zero attached hydrogens (tertiary/aromatic N) is 1. The van der Waals surface area contributed by atoms with Crippen LogP contribution in [0.15, 0.2) is 27.4 Å². The molecule has 1 aromatic carbocycles. The number of carbonyl (C=O) groups excluding carboxylic acids is 1. The lowest BCUT2D eigenvalue weighted by Crippen LogP contribution is -2.08. The second-order valence-corrected chi connectivity index (χ2v) is 3.16. The number of hydrogen-bond acceptors (Lipinski definition) is 4. The third-order valence-electron chi connectivity index (χ3n) is 2.18. The molecule has 0 aliphatic carbocycles. The molecule has 0 atom stereocenters. The van der Waals surface area contributed by atoms with Gasteiger partial charge in [0.1, 0.15) is 6.29 Å². The third-order valence-corrected chi connectivity index (χ3v) is 2.18. The van der Waals surface area contributed by atoms with Crippen LogP contribution in [0.25, 0.3) is 11.1 Å². The third kappa shape index (κ3) is 1.63. The Balaban J connectivity index is 2.49. The molecule has 5 nitrogen and oxygen atoms in total. The first-order valence-electron chi connectivity index (χ1n) is 4.49. The van der Waals surface area contributed by atoms with Gasteiger partial charge in [-0.25, -0.2) is 4.79 Å². The number of fused-ring (bicyclic) bond motifs is 1. The molecule has 0 saturated heterocycles. The number of aldehydes is 1. The fourth-order valence-corrected chi connectivity index (χ4v) is 1.40. The zero-order chi connectivity index (χ0) is 10.8. The number of oxazole rings is 1. The van der Waals surface area contributed by atoms with Crippen LogP contribution >= 0.6 is 0 Å². The molecule has 0 bridgehead atoms. The number of anilines is 1. The minimum atomic E-state index is -0.391. The molecule has 0 amide bonds. The van der Waals surface area contributed by atoms with E-state index >= 15 is 0 Å². The quantitative estimate of drug-likeness (QED) is 0.752. The Labute approximate surface area is 85.3 Å². The maximum absolute atomic E-state index is 11.2. The van der Waals surface area contributed by atoms with Gasteiger partial charge in [0.2, 0.25) is 0 Å². The lowest BCUT2D eigenvalue weighted by Gasteiger charge is -2.01. The van der Waals surface area contributed by atoms with Crippen LogP contribution in [0.3, 0.4) is 0 Å². The Morgan fingerprint density at radius 2 is 2.33 bits per heavy atom. The molecule has 0 fully saturated rings. The van der Waals surface area contributed by atoms with Gasteiger partial charge in [-0.05, 0) is 18.2 Å². The van der Waals surface area contributed by atoms with Gasteiger partial charge in [-0.3, -0.25) is 4.57 Å². The van der Waals surface area contributed by atoms with Crippen LogP contribution in [-0.4, -0.2) is 17.4 Å². The van der Waals surface area contributed by atoms with E-state index < -0.39 is 5.76 Å². The molecule has 0 saturated carbocycles. The van der Waals surface area contributed by atoms with E-state index in [2.05, 4.69) is 5.32 Å². The molecule has 0 unspecified atom stereocenters. The van der Waals surface area contributed by atoms with Crippen LogP contribution < -0.4 is 11.1 Å². The molecular weight excluding hydrogens is 196 g/mol. The van der Waals surface area contributed by atoms with Crippen molar-refractivity contribution in [3.05, 3.63) is 28.7 Å². The summed E-state index contributed by atoms with van der Waals surface area (Å²) in [7, 11) is 1.64. The van der Waals surface area contributed by atoms with Crippen molar-refractivity contribution in [3.63, 3.8) is 0 Å². The molecule has 15 heavy (non-hydrogen) atoms. The van der Waals surface area contributed by atoms with Crippen LogP contribution in [0.2, 0.25) is 0 Å². The van der Waals surface area contributed by atoms with Gasteiger partial charge >= 0.3 is 5.76 Å². The Morgan fingerprint density at radius 3 is 3.07 bits per heavy atom. The van der Waals surface area contributed by atoms with Gasteiger partial charge in [0.05, 0.1) is 12.1 Å². The molecule has 0 radical (unpaired) electrons. The number of aryl methyl sites for hydroxylation is 1. The second-order valence-electron chi connectivity index (χ2n) is 3.16. The summed E-state index contributed by atoms with van der Waals surface area (Å²) < 4.78 is 6.39. The number of carbonyl (C=O) groups is 1. The van der Waals surface area contributed by atoms with E-state index in [1.807, 2.05) is 0 Å². The first kappa shape index (κ1) is 9.51. The van der Waals surface area contributed by atoms with E-state index in [1.54, 1.807) is 25.2 Å². The number of rotatable bonds is 3. The Bertz CT molecular complexity index is 553. The lowest BCUT2D eigenvalue weighted by molar-refractivity contribution is -0.106. The maximum Gasteiger partial charge on any atom is 0.419 e. The molecule has 0 aliphatic heterocycles. The number of hydrogen-bond donors (Lipinski definition) is 1. The Kier molecular flexibility index (Phi) is 2.29. The van der Waals surface area contributed by atoms with Crippen LogP contribution in [0.4, 0.5) is 5.69 Å². The van der Waals surface area contributed by atoms with Crippen molar-refractivity contribution in [2.24, 2.45) is 7.05 Å². The van der Waals surface area contributed by atoms with Gasteiger partial charge < -0.3 is 14.5 Å². The first-order chi connectivity index (χ1) is 7.22. The number of benzene rings is 1. The van der Waals surface area contributed by atoms with Crippen molar-refractivity contribution in [1.82, 2.24) is 4.57 Å². The minimum absolute atomic E-state index is 0.247. The average Bonchev–Trinajstić information content (AvgIpc) is 2.52. The largest absolute Gasteiger partial charge is 0.419 e. The Hall–Kier alpha value is -2.04. The molecule has 2 rings (SSSR count). The highest BCUT2D eigenvalue weighted by Gasteiger charge is 2.05. The fraction of sp³-hybridized carbons (Fsp3) is 0.200. The molecule has 2 aromatic rings. The van der Waals surface area contributed by atoms with Gasteiger partial charge in [-0.2, -0.15) is 0 Å². The predicted octanol–water partition coefficient (Wildman–Crippen LogP) is 0.742. The van der Waals surface area contributed by atoms with E-state index in [9.17, 15) is 9.59 Å². The molecule has 78 valence electrons. The van der Waals surface area contributed by atoms with Crippen LogP contribution in [0.5, 0.6) is 0 Å². The minimum Gasteiger partial charge on any atom is -0.408 e. The zero-order valence-corrected chi connectivity index (χ0v) is 8.19. The Morgan fingerprint density at radius 1 is 1.53 bits per heavy atom. The van der Waals surface area contributed by atoms with Gasteiger partial charge in [0.25, 0.3) is 0 Å². The molecule has 1 N–H and O–H groups in total. The standard InChI is InChI=1S/C10H10N2O3/c1-12-8-6-7(11-4-5-13)2-3-9(8)15-10(12)14/h2-3,5-6,11H,4H2,1H3. The first-order valence-corrected chi connectivity index (χ1v) is 4.49. The number of nitrogens with one attached hydrogen (secondary N) is 1. The summed E-state index contributed by atoms with van der Waals surface area (Å²) in [5.41, 5.74) is 2.03. The molecule has 1 heterocycles. The average molecular weight is 206 g/mol. The summed E-state index contributed by atoms with van der Waals surface area (Å²) in [5, 5.41) is 2.90. The van der Waals surface area contributed by atoms with E-state index in [4.69, 9.17) is 4.42 Å². The van der Waals surface area contributed by atoms with Gasteiger partial charge in [-0.15, -0.1) is 0 Å². The molecular formula is C10H10N2O3. The number of aromatic nitrogens is 1. The topological polar surface area (TPSA) is 64.2 Å². The smallest absolute Gasteiger partial charge is 0.408 e. The summed E-state index contributed by atoms with van der Waals surface area (Å²) in [4.78, 5) is 21.4. The SMILES string of the molecule is Cn1c(=O)oc2ccc(NCC=O)cc21. The van der Waals surface area contributed by atoms with Crippen LogP contribution in [0.1, 0.15) is 0 Å². The van der Waals surface area contributed by atoms with E-state index in [0.29, 0.717) is 11.1 Å². The molecule has 5 heteroatoms. The van der Waals surface area contributed by atoms with E-state index in [0.717, 1.165) is 12.0 Å². The van der Waals surface area contributed by atoms with Gasteiger partial charge in [0, 0.05) is 12.7 Å². The molecule has 0 aliphatic rings. The molecule has 0 spiro atoms. The van der Waals surface area contributed by atoms with Crippen molar-refractivity contribution < 1.29 is 9.21 Å². The van der Waals surface area contributed by atoms with Crippen LogP contribution in [0, 0.1) is 0 Å². The van der Waals surface area contributed by atoms with Crippen molar-refractivity contribution in [2.45, 2.75) is 0 Å². The van der Waals surface area contributed by atoms with E-state index in [1.165, 1.54) is 4.57 Å². The second kappa shape index (κ2) is 3.61. The summed E-state index contributed by atoms with van der Waals surface area (Å²) in [6.45, 7) is 0.247. The zero-order valence-electron chi connectivity index (χ0n) is 8.19. The maximum atomic E-state index is 11.2. The highest BCUT2D eigenvalue weighted by Crippen LogP contribution is 2.17. The summed E-state index contributed by atoms with van der Waals surface area (Å²) >= 11 is 0. The van der Waals surface area contributed by atoms with Gasteiger partial charge in [-0.1, -0.05) is 0 Å². The summed E-state index contributed by atoms with van der Waals surface area (Å²) in [6.07, 6.45) is 0.776. The van der Waals surface area contributed by atoms with Crippen LogP contribution in [-0.2, 0) is 11.8 Å². The van der Waals surface area contributed by atoms with E-state index in [-0.39, 0.29) is 6.54 Å². The summed E-state index contributed by atoms with van der Waals surface area (Å²) in [6, 6.07) is 5.22. The highest BCUT2D eigenvalue weighted by atomic mass is 16.4. The van der Waals surface area contributed by atoms with Crippen molar-refractivity contribution in [3.8, 4) is 0 Å².